The third kappa shape index (κ3) is 3.51. The van der Waals surface area contributed by atoms with Gasteiger partial charge in [0.25, 0.3) is 0 Å². The highest BCUT2D eigenvalue weighted by molar-refractivity contribution is 7.80. The molecule has 8 heteroatoms. The van der Waals surface area contributed by atoms with Crippen LogP contribution in [0.2, 0.25) is 0 Å². The van der Waals surface area contributed by atoms with E-state index in [-0.39, 0.29) is 25.4 Å². The quantitative estimate of drug-likeness (QED) is 0.308. The van der Waals surface area contributed by atoms with Crippen LogP contribution in [0.4, 0.5) is 0 Å². The highest BCUT2D eigenvalue weighted by Crippen LogP contribution is 2.51. The summed E-state index contributed by atoms with van der Waals surface area (Å²) < 4.78 is 35.6. The molecule has 0 N–H and O–H groups in total. The van der Waals surface area contributed by atoms with Crippen LogP contribution < -0.4 is 0 Å². The van der Waals surface area contributed by atoms with Crippen molar-refractivity contribution in [3.8, 4) is 0 Å². The molecular weight excluding hydrogens is 231 g/mol. The van der Waals surface area contributed by atoms with E-state index < -0.39 is 7.82 Å². The fraction of sp³-hybridized carbons (Fsp3) is 1.00. The van der Waals surface area contributed by atoms with Crippen molar-refractivity contribution in [3.05, 3.63) is 0 Å². The lowest BCUT2D eigenvalue weighted by atomic mass is 10.5. The first-order valence-electron chi connectivity index (χ1n) is 4.17. The lowest BCUT2D eigenvalue weighted by molar-refractivity contribution is 0.143. The minimum absolute atomic E-state index is 0.00702. The van der Waals surface area contributed by atoms with Crippen molar-refractivity contribution in [2.45, 2.75) is 12.2 Å². The fourth-order valence-electron chi connectivity index (χ4n) is 0.762. The zero-order valence-electron chi connectivity index (χ0n) is 7.33. The standard InChI is InChI=1S/C6H11O6PS/c7-13(12-14,10-3-5-1-8-5)11-4-6-2-9-6/h5-6,14H,1-4H2. The molecule has 6 nitrogen and oxygen atoms in total. The highest BCUT2D eigenvalue weighted by atomic mass is 32.1. The van der Waals surface area contributed by atoms with E-state index in [1.165, 1.54) is 0 Å². The summed E-state index contributed by atoms with van der Waals surface area (Å²) in [4.78, 5) is 0. The predicted octanol–water partition coefficient (Wildman–Crippen LogP) is 0.787. The Morgan fingerprint density at radius 2 is 1.64 bits per heavy atom. The number of phosphoric acid groups is 1. The topological polar surface area (TPSA) is 69.8 Å². The number of hydrogen-bond acceptors (Lipinski definition) is 7. The van der Waals surface area contributed by atoms with E-state index in [0.29, 0.717) is 13.2 Å². The molecule has 2 aliphatic rings. The molecule has 2 fully saturated rings. The van der Waals surface area contributed by atoms with Gasteiger partial charge in [-0.3, -0.25) is 9.05 Å². The van der Waals surface area contributed by atoms with Crippen LogP contribution in [0.1, 0.15) is 0 Å². The number of rotatable bonds is 7. The molecule has 0 aromatic heterocycles. The summed E-state index contributed by atoms with van der Waals surface area (Å²) in [6.07, 6.45) is 0.0140. The summed E-state index contributed by atoms with van der Waals surface area (Å²) in [7, 11) is -3.52. The van der Waals surface area contributed by atoms with Gasteiger partial charge < -0.3 is 9.47 Å². The highest BCUT2D eigenvalue weighted by Gasteiger charge is 2.34. The second-order valence-electron chi connectivity index (χ2n) is 3.03. The molecule has 14 heavy (non-hydrogen) atoms. The van der Waals surface area contributed by atoms with Gasteiger partial charge in [-0.1, -0.05) is 0 Å². The molecule has 82 valence electrons. The van der Waals surface area contributed by atoms with Crippen molar-refractivity contribution in [2.24, 2.45) is 0 Å². The zero-order valence-corrected chi connectivity index (χ0v) is 9.12. The number of thiol groups is 1. The molecule has 0 aliphatic carbocycles. The molecule has 0 saturated carbocycles. The second kappa shape index (κ2) is 4.49. The van der Waals surface area contributed by atoms with Gasteiger partial charge in [-0.15, -0.1) is 0 Å². The molecule has 2 saturated heterocycles. The maximum absolute atomic E-state index is 11.6. The van der Waals surface area contributed by atoms with E-state index in [2.05, 4.69) is 16.9 Å². The van der Waals surface area contributed by atoms with E-state index in [1.54, 1.807) is 0 Å². The number of hydrogen-bond donors (Lipinski definition) is 1. The summed E-state index contributed by atoms with van der Waals surface area (Å²) in [6.45, 7) is 1.64. The summed E-state index contributed by atoms with van der Waals surface area (Å²) in [5.41, 5.74) is 0. The minimum atomic E-state index is -3.52. The second-order valence-corrected chi connectivity index (χ2v) is 5.10. The average molecular weight is 242 g/mol. The Morgan fingerprint density at radius 3 is 1.93 bits per heavy atom. The molecule has 0 bridgehead atoms. The van der Waals surface area contributed by atoms with Crippen molar-refractivity contribution in [3.63, 3.8) is 0 Å². The summed E-state index contributed by atoms with van der Waals surface area (Å²) in [5, 5.41) is 0. The Bertz CT molecular complexity index is 220. The van der Waals surface area contributed by atoms with Crippen LogP contribution in [0.15, 0.2) is 0 Å². The Balaban J connectivity index is 1.70. The lowest BCUT2D eigenvalue weighted by Crippen LogP contribution is -2.05. The summed E-state index contributed by atoms with van der Waals surface area (Å²) >= 11 is 3.45. The molecule has 2 unspecified atom stereocenters. The third-order valence-corrected chi connectivity index (χ3v) is 3.47. The molecule has 2 aliphatic heterocycles. The van der Waals surface area contributed by atoms with Crippen molar-refractivity contribution in [1.29, 1.82) is 0 Å². The maximum Gasteiger partial charge on any atom is 0.485 e. The van der Waals surface area contributed by atoms with E-state index in [9.17, 15) is 4.57 Å². The maximum atomic E-state index is 11.6. The first-order chi connectivity index (χ1) is 6.72. The van der Waals surface area contributed by atoms with Crippen LogP contribution in [0.5, 0.6) is 0 Å². The Labute approximate surface area is 87.0 Å². The number of phosphoric ester groups is 1. The van der Waals surface area contributed by atoms with E-state index in [0.717, 1.165) is 0 Å². The van der Waals surface area contributed by atoms with Crippen molar-refractivity contribution in [1.82, 2.24) is 0 Å². The normalized spacial score (nSPS) is 33.8. The van der Waals surface area contributed by atoms with Crippen LogP contribution in [0, 0.1) is 0 Å². The van der Waals surface area contributed by atoms with Crippen LogP contribution >= 0.6 is 20.7 Å². The molecule has 0 aromatic carbocycles. The van der Waals surface area contributed by atoms with Crippen LogP contribution in [-0.4, -0.2) is 38.6 Å². The monoisotopic (exact) mass is 242 g/mol. The van der Waals surface area contributed by atoms with Gasteiger partial charge >= 0.3 is 7.82 Å². The van der Waals surface area contributed by atoms with Crippen molar-refractivity contribution >= 4 is 20.7 Å². The van der Waals surface area contributed by atoms with Gasteiger partial charge in [0.1, 0.15) is 12.2 Å². The van der Waals surface area contributed by atoms with Gasteiger partial charge in [0.05, 0.1) is 26.4 Å². The fourth-order valence-corrected chi connectivity index (χ4v) is 1.91. The van der Waals surface area contributed by atoms with Gasteiger partial charge in [-0.25, -0.2) is 8.54 Å². The molecule has 0 spiro atoms. The first kappa shape index (κ1) is 10.9. The largest absolute Gasteiger partial charge is 0.485 e. The Kier molecular flexibility index (Phi) is 3.49. The van der Waals surface area contributed by atoms with Gasteiger partial charge in [0, 0.05) is 0 Å². The first-order valence-corrected chi connectivity index (χ1v) is 6.00. The number of ether oxygens (including phenoxy) is 2. The summed E-state index contributed by atoms with van der Waals surface area (Å²) in [5.74, 6) is 0. The SMILES string of the molecule is O=P(OS)(OCC1CO1)OCC1CO1. The molecule has 2 rings (SSSR count). The molecule has 0 aromatic rings. The van der Waals surface area contributed by atoms with Crippen molar-refractivity contribution < 1.29 is 27.1 Å². The van der Waals surface area contributed by atoms with Crippen molar-refractivity contribution in [2.75, 3.05) is 26.4 Å². The Hall–Kier alpha value is 0.380. The molecule has 0 radical (unpaired) electrons. The van der Waals surface area contributed by atoms with Gasteiger partial charge in [-0.05, 0) is 12.9 Å². The Morgan fingerprint density at radius 1 is 1.21 bits per heavy atom. The smallest absolute Gasteiger partial charge is 0.371 e. The average Bonchev–Trinajstić information content (AvgIpc) is 3.05. The molecule has 2 atom stereocenters. The predicted molar refractivity (Wildman–Crippen MR) is 49.1 cm³/mol. The van der Waals surface area contributed by atoms with E-state index >= 15 is 0 Å². The van der Waals surface area contributed by atoms with Crippen LogP contribution in [-0.2, 0) is 27.1 Å². The van der Waals surface area contributed by atoms with E-state index in [4.69, 9.17) is 18.5 Å². The van der Waals surface area contributed by atoms with Gasteiger partial charge in [-0.2, -0.15) is 0 Å². The third-order valence-electron chi connectivity index (χ3n) is 1.74. The van der Waals surface area contributed by atoms with Crippen LogP contribution in [0.25, 0.3) is 0 Å². The molecule has 0 amide bonds. The molecular formula is C6H11O6PS. The number of epoxide rings is 2. The van der Waals surface area contributed by atoms with Gasteiger partial charge in [0.15, 0.2) is 0 Å². The van der Waals surface area contributed by atoms with Gasteiger partial charge in [0.2, 0.25) is 0 Å². The van der Waals surface area contributed by atoms with E-state index in [1.807, 2.05) is 0 Å². The zero-order chi connectivity index (χ0) is 10.0. The molecule has 2 heterocycles. The lowest BCUT2D eigenvalue weighted by Gasteiger charge is -2.13. The summed E-state index contributed by atoms with van der Waals surface area (Å²) in [6, 6.07) is 0. The minimum Gasteiger partial charge on any atom is -0.371 e. The van der Waals surface area contributed by atoms with Crippen LogP contribution in [0.3, 0.4) is 0 Å².